The van der Waals surface area contributed by atoms with Crippen LogP contribution in [0.25, 0.3) is 16.6 Å². The normalized spacial score (nSPS) is 27.6. The number of para-hydroxylation sites is 1. The lowest BCUT2D eigenvalue weighted by atomic mass is 9.80. The minimum atomic E-state index is -3.06. The molecule has 20 heteroatoms. The lowest BCUT2D eigenvalue weighted by Gasteiger charge is -2.43. The highest BCUT2D eigenvalue weighted by molar-refractivity contribution is 6.19. The van der Waals surface area contributed by atoms with Crippen molar-refractivity contribution in [2.24, 2.45) is 29.4 Å². The van der Waals surface area contributed by atoms with Gasteiger partial charge in [-0.15, -0.1) is 0 Å². The summed E-state index contributed by atoms with van der Waals surface area (Å²) in [6.07, 6.45) is 2.54. The molecule has 1 aromatic carbocycles. The number of imide groups is 1. The topological polar surface area (TPSA) is 211 Å². The number of aromatic nitrogens is 4. The van der Waals surface area contributed by atoms with Crippen LogP contribution in [-0.2, 0) is 26.2 Å². The second-order valence-electron chi connectivity index (χ2n) is 16.3. The SMILES string of the molecule is CN(CC1CC(N=C/C(NC(=O)/C(=C/N)c2nccc(N3C[C@H]4C[C@@H]3CO4)n2)=C(\N)C(F)F)C1)[C@H]1CCN(c2cccc3c2n(C)c(=O)n3C2CCC(=O)NC2=O)C[C@H]1F. The van der Waals surface area contributed by atoms with Crippen molar-refractivity contribution in [2.45, 2.75) is 81.4 Å². The second-order valence-corrected chi connectivity index (χ2v) is 16.3. The van der Waals surface area contributed by atoms with Crippen molar-refractivity contribution in [1.82, 2.24) is 34.6 Å². The highest BCUT2D eigenvalue weighted by Crippen LogP contribution is 2.35. The van der Waals surface area contributed by atoms with E-state index in [-0.39, 0.29) is 78.2 Å². The predicted octanol–water partition coefficient (Wildman–Crippen LogP) is 1.33. The zero-order chi connectivity index (χ0) is 42.4. The Morgan fingerprint density at radius 1 is 1.17 bits per heavy atom. The Morgan fingerprint density at radius 3 is 2.65 bits per heavy atom. The summed E-state index contributed by atoms with van der Waals surface area (Å²) in [5.74, 6) is -0.897. The van der Waals surface area contributed by atoms with Gasteiger partial charge in [-0.3, -0.25) is 33.8 Å². The Hall–Kier alpha value is -5.76. The number of allylic oxidation sites excluding steroid dienone is 2. The Morgan fingerprint density at radius 2 is 1.97 bits per heavy atom. The summed E-state index contributed by atoms with van der Waals surface area (Å²) in [5.41, 5.74) is 11.7. The molecule has 0 radical (unpaired) electrons. The molecule has 6 N–H and O–H groups in total. The molecule has 5 atom stereocenters. The summed E-state index contributed by atoms with van der Waals surface area (Å²) in [6.45, 7) is 2.48. The molecule has 1 aliphatic carbocycles. The van der Waals surface area contributed by atoms with E-state index >= 15 is 4.39 Å². The van der Waals surface area contributed by atoms with Crippen LogP contribution < -0.4 is 37.6 Å². The second kappa shape index (κ2) is 16.7. The maximum absolute atomic E-state index is 16.0. The molecular weight excluding hydrogens is 786 g/mol. The van der Waals surface area contributed by atoms with E-state index in [2.05, 4.69) is 30.5 Å². The number of carbonyl (C=O) groups excluding carboxylic acids is 3. The van der Waals surface area contributed by atoms with Crippen molar-refractivity contribution in [3.63, 3.8) is 0 Å². The number of anilines is 2. The number of nitrogens with one attached hydrogen (secondary N) is 2. The molecule has 5 aliphatic rings. The van der Waals surface area contributed by atoms with Crippen LogP contribution in [0, 0.1) is 5.92 Å². The first-order chi connectivity index (χ1) is 28.8. The average Bonchev–Trinajstić information content (AvgIpc) is 3.92. The molecule has 60 heavy (non-hydrogen) atoms. The molecule has 2 aromatic heterocycles. The van der Waals surface area contributed by atoms with Crippen LogP contribution in [0.4, 0.5) is 24.7 Å². The molecule has 17 nitrogen and oxygen atoms in total. The number of carbonyl (C=O) groups is 3. The van der Waals surface area contributed by atoms with E-state index in [1.807, 2.05) is 22.9 Å². The minimum absolute atomic E-state index is 0.0290. The number of aliphatic imine (C=N–C) groups is 1. The van der Waals surface area contributed by atoms with Gasteiger partial charge in [-0.2, -0.15) is 0 Å². The lowest BCUT2D eigenvalue weighted by molar-refractivity contribution is -0.135. The average molecular weight is 835 g/mol. The third kappa shape index (κ3) is 7.84. The van der Waals surface area contributed by atoms with Crippen LogP contribution in [0.2, 0.25) is 0 Å². The molecule has 320 valence electrons. The number of morpholine rings is 1. The monoisotopic (exact) mass is 834 g/mol. The number of hydrogen-bond acceptors (Lipinski definition) is 13. The number of amides is 3. The number of rotatable bonds is 12. The third-order valence-electron chi connectivity index (χ3n) is 12.5. The Balaban J connectivity index is 0.861. The van der Waals surface area contributed by atoms with Crippen molar-refractivity contribution >= 4 is 52.0 Å². The van der Waals surface area contributed by atoms with Crippen LogP contribution in [0.15, 0.2) is 57.8 Å². The molecule has 4 saturated heterocycles. The molecule has 0 spiro atoms. The van der Waals surface area contributed by atoms with E-state index in [0.29, 0.717) is 68.0 Å². The molecule has 1 unspecified atom stereocenters. The minimum Gasteiger partial charge on any atom is -0.404 e. The van der Waals surface area contributed by atoms with Gasteiger partial charge < -0.3 is 36.2 Å². The first-order valence-electron chi connectivity index (χ1n) is 20.2. The number of fused-ring (bicyclic) bond motifs is 3. The van der Waals surface area contributed by atoms with Crippen LogP contribution in [0.1, 0.15) is 50.4 Å². The number of imidazole rings is 1. The van der Waals surface area contributed by atoms with E-state index in [1.165, 1.54) is 15.3 Å². The highest BCUT2D eigenvalue weighted by atomic mass is 19.3. The van der Waals surface area contributed by atoms with Gasteiger partial charge in [-0.05, 0) is 63.3 Å². The number of ether oxygens (including phenoxy) is 1. The fourth-order valence-corrected chi connectivity index (χ4v) is 9.26. The summed E-state index contributed by atoms with van der Waals surface area (Å²) in [6, 6.07) is 5.89. The summed E-state index contributed by atoms with van der Waals surface area (Å²) in [4.78, 5) is 70.5. The molecule has 5 fully saturated rings. The fraction of sp³-hybridized carbons (Fsp3) is 0.525. The number of piperidine rings is 2. The van der Waals surface area contributed by atoms with Gasteiger partial charge in [0, 0.05) is 57.8 Å². The van der Waals surface area contributed by atoms with Crippen molar-refractivity contribution in [3.05, 3.63) is 64.4 Å². The van der Waals surface area contributed by atoms with Gasteiger partial charge in [0.15, 0.2) is 5.82 Å². The summed E-state index contributed by atoms with van der Waals surface area (Å²) < 4.78 is 52.2. The molecule has 3 aromatic rings. The van der Waals surface area contributed by atoms with Gasteiger partial charge in [0.25, 0.3) is 12.3 Å². The molecule has 8 rings (SSSR count). The van der Waals surface area contributed by atoms with E-state index in [1.54, 1.807) is 25.2 Å². The van der Waals surface area contributed by atoms with Gasteiger partial charge in [-0.1, -0.05) is 6.07 Å². The number of halogens is 3. The predicted molar refractivity (Wildman–Crippen MR) is 217 cm³/mol. The van der Waals surface area contributed by atoms with Gasteiger partial charge in [0.05, 0.1) is 59.3 Å². The van der Waals surface area contributed by atoms with Crippen molar-refractivity contribution in [1.29, 1.82) is 0 Å². The number of benzene rings is 1. The number of nitrogens with zero attached hydrogens (tertiary/aromatic N) is 8. The number of hydrogen-bond donors (Lipinski definition) is 4. The molecule has 3 amide bonds. The van der Waals surface area contributed by atoms with Crippen molar-refractivity contribution in [3.8, 4) is 0 Å². The van der Waals surface area contributed by atoms with E-state index in [0.717, 1.165) is 18.8 Å². The van der Waals surface area contributed by atoms with E-state index < -0.39 is 36.2 Å². The van der Waals surface area contributed by atoms with Gasteiger partial charge in [0.1, 0.15) is 23.7 Å². The Labute approximate surface area is 343 Å². The maximum atomic E-state index is 16.0. The molecule has 6 heterocycles. The first kappa shape index (κ1) is 41.0. The smallest absolute Gasteiger partial charge is 0.329 e. The van der Waals surface area contributed by atoms with Crippen LogP contribution in [0.3, 0.4) is 0 Å². The first-order valence-corrected chi connectivity index (χ1v) is 20.2. The largest absolute Gasteiger partial charge is 0.404 e. The van der Waals surface area contributed by atoms with Crippen LogP contribution >= 0.6 is 0 Å². The van der Waals surface area contributed by atoms with Crippen molar-refractivity contribution in [2.75, 3.05) is 49.6 Å². The zero-order valence-electron chi connectivity index (χ0n) is 33.3. The zero-order valence-corrected chi connectivity index (χ0v) is 33.3. The Kier molecular flexibility index (Phi) is 11.4. The number of aryl methyl sites for hydroxylation is 1. The summed E-state index contributed by atoms with van der Waals surface area (Å²) in [7, 11) is 3.51. The van der Waals surface area contributed by atoms with Crippen LogP contribution in [-0.4, -0.2) is 125 Å². The molecular formula is C40H49F3N12O5. The maximum Gasteiger partial charge on any atom is 0.329 e. The van der Waals surface area contributed by atoms with E-state index in [9.17, 15) is 28.0 Å². The lowest BCUT2D eigenvalue weighted by Crippen LogP contribution is -2.53. The number of alkyl halides is 3. The van der Waals surface area contributed by atoms with Crippen LogP contribution in [0.5, 0.6) is 0 Å². The van der Waals surface area contributed by atoms with Gasteiger partial charge >= 0.3 is 5.69 Å². The Bertz CT molecular complexity index is 2320. The molecule has 2 bridgehead atoms. The molecule has 1 saturated carbocycles. The van der Waals surface area contributed by atoms with E-state index in [4.69, 9.17) is 16.2 Å². The fourth-order valence-electron chi connectivity index (χ4n) is 9.26. The third-order valence-corrected chi connectivity index (χ3v) is 12.5. The molecule has 4 aliphatic heterocycles. The standard InChI is InChI=1S/C40H49F3N12O5/c1-51(28-9-11-53(19-26(28)41)29-4-3-5-30-35(29)52(2)40(59)55(30)31-6-7-33(56)50-39(31)58)17-21-12-22(13-21)47-16-27(34(45)36(42)43)48-38(57)25(15-44)37-46-10-8-32(49-37)54-18-24-14-23(54)20-60-24/h3-5,8,10,15-16,21-24,26,28,31,36H,6-7,9,11-14,17-20,44-45H2,1-2H3,(H,48,57)(H,50,56,58)/b25-15+,34-27+,47-16?/t21?,22?,23-,24-,26-,28+,31?/m1/s1. The number of nitrogens with two attached hydrogens (primary N) is 2. The van der Waals surface area contributed by atoms with Gasteiger partial charge in [-0.25, -0.2) is 27.9 Å². The highest BCUT2D eigenvalue weighted by Gasteiger charge is 2.40. The summed E-state index contributed by atoms with van der Waals surface area (Å²) >= 11 is 0. The quantitative estimate of drug-likeness (QED) is 0.116. The summed E-state index contributed by atoms with van der Waals surface area (Å²) in [5, 5.41) is 4.76. The van der Waals surface area contributed by atoms with Crippen molar-refractivity contribution < 1.29 is 32.3 Å². The van der Waals surface area contributed by atoms with Gasteiger partial charge in [0.2, 0.25) is 11.8 Å².